The van der Waals surface area contributed by atoms with Gasteiger partial charge in [0, 0.05) is 12.6 Å². The van der Waals surface area contributed by atoms with Crippen molar-refractivity contribution in [1.29, 1.82) is 0 Å². The molecular weight excluding hydrogens is 255 g/mol. The molecule has 0 atom stereocenters. The fraction of sp³-hybridized carbons (Fsp3) is 0.143. The number of rotatable bonds is 4. The summed E-state index contributed by atoms with van der Waals surface area (Å²) in [5.74, 6) is -2.52. The second-order valence-electron chi connectivity index (χ2n) is 3.97. The normalized spacial score (nSPS) is 10.5. The molecule has 19 heavy (non-hydrogen) atoms. The number of ether oxygens (including phenoxy) is 1. The molecule has 5 heteroatoms. The second kappa shape index (κ2) is 5.75. The SMILES string of the molecule is CNCc1ccc(Oc2cc(F)ccc2F)c(F)c1. The van der Waals surface area contributed by atoms with E-state index in [0.717, 1.165) is 23.8 Å². The highest BCUT2D eigenvalue weighted by molar-refractivity contribution is 5.35. The highest BCUT2D eigenvalue weighted by Crippen LogP contribution is 2.27. The predicted molar refractivity (Wildman–Crippen MR) is 65.6 cm³/mol. The molecule has 0 unspecified atom stereocenters. The van der Waals surface area contributed by atoms with Gasteiger partial charge in [0.15, 0.2) is 23.1 Å². The third-order valence-corrected chi connectivity index (χ3v) is 2.49. The molecule has 0 aliphatic heterocycles. The average Bonchev–Trinajstić information content (AvgIpc) is 2.37. The van der Waals surface area contributed by atoms with Gasteiger partial charge in [-0.2, -0.15) is 0 Å². The van der Waals surface area contributed by atoms with Crippen molar-refractivity contribution in [2.75, 3.05) is 7.05 Å². The molecular formula is C14H12F3NO. The van der Waals surface area contributed by atoms with E-state index in [9.17, 15) is 13.2 Å². The molecule has 0 aliphatic carbocycles. The largest absolute Gasteiger partial charge is 0.451 e. The van der Waals surface area contributed by atoms with Crippen LogP contribution in [0.5, 0.6) is 11.5 Å². The van der Waals surface area contributed by atoms with E-state index in [0.29, 0.717) is 6.54 Å². The van der Waals surface area contributed by atoms with Crippen molar-refractivity contribution >= 4 is 0 Å². The molecule has 0 aliphatic rings. The van der Waals surface area contributed by atoms with Gasteiger partial charge in [0.2, 0.25) is 0 Å². The minimum atomic E-state index is -0.750. The molecule has 0 saturated heterocycles. The lowest BCUT2D eigenvalue weighted by molar-refractivity contribution is 0.410. The molecule has 0 spiro atoms. The zero-order valence-electron chi connectivity index (χ0n) is 10.2. The van der Waals surface area contributed by atoms with Crippen molar-refractivity contribution in [2.45, 2.75) is 6.54 Å². The Balaban J connectivity index is 2.25. The van der Waals surface area contributed by atoms with E-state index in [4.69, 9.17) is 4.74 Å². The molecule has 0 amide bonds. The third kappa shape index (κ3) is 3.26. The molecule has 0 fully saturated rings. The van der Waals surface area contributed by atoms with E-state index in [1.807, 2.05) is 0 Å². The van der Waals surface area contributed by atoms with Crippen LogP contribution in [0.4, 0.5) is 13.2 Å². The predicted octanol–water partition coefficient (Wildman–Crippen LogP) is 3.62. The van der Waals surface area contributed by atoms with Crippen molar-refractivity contribution in [2.24, 2.45) is 0 Å². The Morgan fingerprint density at radius 1 is 0.947 bits per heavy atom. The summed E-state index contributed by atoms with van der Waals surface area (Å²) in [7, 11) is 1.74. The van der Waals surface area contributed by atoms with E-state index in [-0.39, 0.29) is 11.5 Å². The molecule has 1 N–H and O–H groups in total. The van der Waals surface area contributed by atoms with Crippen LogP contribution in [0.15, 0.2) is 36.4 Å². The Morgan fingerprint density at radius 3 is 2.42 bits per heavy atom. The number of nitrogens with one attached hydrogen (secondary N) is 1. The summed E-state index contributed by atoms with van der Waals surface area (Å²) < 4.78 is 45.1. The van der Waals surface area contributed by atoms with E-state index in [1.54, 1.807) is 13.1 Å². The first-order valence-electron chi connectivity index (χ1n) is 5.66. The summed E-state index contributed by atoms with van der Waals surface area (Å²) in [5, 5.41) is 2.88. The Kier molecular flexibility index (Phi) is 4.06. The average molecular weight is 267 g/mol. The molecule has 0 radical (unpaired) electrons. The Labute approximate surface area is 108 Å². The maximum atomic E-state index is 13.7. The Hall–Kier alpha value is -2.01. The molecule has 2 rings (SSSR count). The maximum absolute atomic E-state index is 13.7. The number of hydrogen-bond acceptors (Lipinski definition) is 2. The summed E-state index contributed by atoms with van der Waals surface area (Å²) in [6, 6.07) is 7.07. The van der Waals surface area contributed by atoms with Crippen LogP contribution >= 0.6 is 0 Å². The zero-order chi connectivity index (χ0) is 13.8. The van der Waals surface area contributed by atoms with E-state index < -0.39 is 17.5 Å². The summed E-state index contributed by atoms with van der Waals surface area (Å²) in [5.41, 5.74) is 0.729. The standard InChI is InChI=1S/C14H12F3NO/c1-18-8-9-2-5-13(12(17)6-9)19-14-7-10(15)3-4-11(14)16/h2-7,18H,8H2,1H3. The van der Waals surface area contributed by atoms with Crippen LogP contribution in [0, 0.1) is 17.5 Å². The van der Waals surface area contributed by atoms with Gasteiger partial charge in [-0.15, -0.1) is 0 Å². The number of benzene rings is 2. The van der Waals surface area contributed by atoms with Gasteiger partial charge in [-0.3, -0.25) is 0 Å². The summed E-state index contributed by atoms with van der Waals surface area (Å²) in [6.45, 7) is 0.505. The first-order chi connectivity index (χ1) is 9.10. The van der Waals surface area contributed by atoms with Gasteiger partial charge < -0.3 is 10.1 Å². The molecule has 2 aromatic rings. The van der Waals surface area contributed by atoms with Crippen molar-refractivity contribution in [3.63, 3.8) is 0 Å². The fourth-order valence-electron chi connectivity index (χ4n) is 1.62. The molecule has 100 valence electrons. The molecule has 0 saturated carbocycles. The second-order valence-corrected chi connectivity index (χ2v) is 3.97. The molecule has 2 aromatic carbocycles. The lowest BCUT2D eigenvalue weighted by Crippen LogP contribution is -2.05. The van der Waals surface area contributed by atoms with Crippen LogP contribution in [0.1, 0.15) is 5.56 Å². The first-order valence-corrected chi connectivity index (χ1v) is 5.66. The Morgan fingerprint density at radius 2 is 1.74 bits per heavy atom. The molecule has 2 nitrogen and oxygen atoms in total. The van der Waals surface area contributed by atoms with Crippen LogP contribution in [0.25, 0.3) is 0 Å². The monoisotopic (exact) mass is 267 g/mol. The van der Waals surface area contributed by atoms with Crippen molar-refractivity contribution in [3.8, 4) is 11.5 Å². The van der Waals surface area contributed by atoms with E-state index in [2.05, 4.69) is 5.32 Å². The van der Waals surface area contributed by atoms with Gasteiger partial charge in [0.25, 0.3) is 0 Å². The highest BCUT2D eigenvalue weighted by Gasteiger charge is 2.10. The minimum absolute atomic E-state index is 0.149. The highest BCUT2D eigenvalue weighted by atomic mass is 19.1. The number of hydrogen-bond donors (Lipinski definition) is 1. The van der Waals surface area contributed by atoms with Gasteiger partial charge in [0.05, 0.1) is 0 Å². The Bertz CT molecular complexity index is 587. The zero-order valence-corrected chi connectivity index (χ0v) is 10.2. The molecule has 0 bridgehead atoms. The van der Waals surface area contributed by atoms with Gasteiger partial charge in [-0.05, 0) is 36.9 Å². The van der Waals surface area contributed by atoms with Gasteiger partial charge in [-0.1, -0.05) is 6.07 Å². The van der Waals surface area contributed by atoms with Crippen LogP contribution in [0.2, 0.25) is 0 Å². The van der Waals surface area contributed by atoms with Gasteiger partial charge in [-0.25, -0.2) is 13.2 Å². The lowest BCUT2D eigenvalue weighted by Gasteiger charge is -2.09. The minimum Gasteiger partial charge on any atom is -0.451 e. The quantitative estimate of drug-likeness (QED) is 0.913. The van der Waals surface area contributed by atoms with Crippen LogP contribution < -0.4 is 10.1 Å². The molecule has 0 heterocycles. The van der Waals surface area contributed by atoms with E-state index in [1.165, 1.54) is 12.1 Å². The maximum Gasteiger partial charge on any atom is 0.166 e. The summed E-state index contributed by atoms with van der Waals surface area (Å²) in [6.07, 6.45) is 0. The third-order valence-electron chi connectivity index (χ3n) is 2.49. The topological polar surface area (TPSA) is 21.3 Å². The van der Waals surface area contributed by atoms with Gasteiger partial charge in [0.1, 0.15) is 5.82 Å². The van der Waals surface area contributed by atoms with E-state index >= 15 is 0 Å². The summed E-state index contributed by atoms with van der Waals surface area (Å²) in [4.78, 5) is 0. The van der Waals surface area contributed by atoms with Crippen LogP contribution in [-0.4, -0.2) is 7.05 Å². The van der Waals surface area contributed by atoms with Crippen LogP contribution in [-0.2, 0) is 6.54 Å². The van der Waals surface area contributed by atoms with Crippen LogP contribution in [0.3, 0.4) is 0 Å². The van der Waals surface area contributed by atoms with Crippen molar-refractivity contribution in [3.05, 3.63) is 59.4 Å². The number of halogens is 3. The van der Waals surface area contributed by atoms with Crippen molar-refractivity contribution in [1.82, 2.24) is 5.32 Å². The first kappa shape index (κ1) is 13.4. The molecule has 0 aromatic heterocycles. The van der Waals surface area contributed by atoms with Gasteiger partial charge >= 0.3 is 0 Å². The summed E-state index contributed by atoms with van der Waals surface area (Å²) >= 11 is 0. The smallest absolute Gasteiger partial charge is 0.166 e. The fourth-order valence-corrected chi connectivity index (χ4v) is 1.62. The van der Waals surface area contributed by atoms with Crippen molar-refractivity contribution < 1.29 is 17.9 Å². The lowest BCUT2D eigenvalue weighted by atomic mass is 10.2.